The van der Waals surface area contributed by atoms with Crippen LogP contribution in [0.2, 0.25) is 0 Å². The Labute approximate surface area is 150 Å². The molecule has 0 bridgehead atoms. The van der Waals surface area contributed by atoms with Crippen LogP contribution in [0.15, 0.2) is 35.5 Å². The van der Waals surface area contributed by atoms with Crippen molar-refractivity contribution in [1.82, 2.24) is 9.88 Å². The van der Waals surface area contributed by atoms with Crippen molar-refractivity contribution in [3.63, 3.8) is 0 Å². The van der Waals surface area contributed by atoms with Crippen LogP contribution in [0.4, 0.5) is 0 Å². The number of hydrogen-bond acceptors (Lipinski definition) is 5. The fourth-order valence-corrected chi connectivity index (χ4v) is 3.66. The second kappa shape index (κ2) is 7.84. The number of carbonyl (C=O) groups excluding carboxylic acids is 2. The standard InChI is InChI=1S/C18H22N4O2S/c1-25-9-6-14(19)17-21-16(18(24)22(17)7-8-23)10-12-11-20-15-5-3-2-4-13(12)15/h2-5,8,11,14,17,20H,6-7,9-10,19H2,1H3/t14-,17?/m0/s1. The van der Waals surface area contributed by atoms with Crippen LogP contribution in [0, 0.1) is 0 Å². The zero-order valence-corrected chi connectivity index (χ0v) is 15.0. The first kappa shape index (κ1) is 17.7. The second-order valence-electron chi connectivity index (χ2n) is 6.10. The zero-order chi connectivity index (χ0) is 17.8. The molecule has 132 valence electrons. The van der Waals surface area contributed by atoms with E-state index in [1.54, 1.807) is 11.8 Å². The molecule has 3 rings (SSSR count). The lowest BCUT2D eigenvalue weighted by molar-refractivity contribution is -0.127. The minimum atomic E-state index is -0.454. The van der Waals surface area contributed by atoms with Gasteiger partial charge in [0.15, 0.2) is 0 Å². The molecule has 3 N–H and O–H groups in total. The van der Waals surface area contributed by atoms with Gasteiger partial charge in [0, 0.05) is 29.6 Å². The van der Waals surface area contributed by atoms with Crippen molar-refractivity contribution >= 4 is 40.6 Å². The molecule has 1 unspecified atom stereocenters. The molecule has 25 heavy (non-hydrogen) atoms. The molecule has 6 nitrogen and oxygen atoms in total. The predicted molar refractivity (Wildman–Crippen MR) is 102 cm³/mol. The highest BCUT2D eigenvalue weighted by Gasteiger charge is 2.37. The van der Waals surface area contributed by atoms with Crippen LogP contribution < -0.4 is 5.73 Å². The number of nitrogens with zero attached hydrogens (tertiary/aromatic N) is 2. The number of thioether (sulfide) groups is 1. The van der Waals surface area contributed by atoms with E-state index in [9.17, 15) is 9.59 Å². The maximum atomic E-state index is 12.7. The summed E-state index contributed by atoms with van der Waals surface area (Å²) >= 11 is 1.70. The summed E-state index contributed by atoms with van der Waals surface area (Å²) < 4.78 is 0. The van der Waals surface area contributed by atoms with Gasteiger partial charge in [-0.15, -0.1) is 0 Å². The second-order valence-corrected chi connectivity index (χ2v) is 7.08. The van der Waals surface area contributed by atoms with Crippen LogP contribution >= 0.6 is 11.8 Å². The normalized spacial score (nSPS) is 18.6. The predicted octanol–water partition coefficient (Wildman–Crippen LogP) is 1.60. The number of benzene rings is 1. The Morgan fingerprint density at radius 2 is 2.24 bits per heavy atom. The molecular weight excluding hydrogens is 336 g/mol. The molecule has 1 amide bonds. The maximum absolute atomic E-state index is 12.7. The van der Waals surface area contributed by atoms with E-state index in [1.165, 1.54) is 4.90 Å². The number of hydrogen-bond donors (Lipinski definition) is 2. The fourth-order valence-electron chi connectivity index (χ4n) is 3.15. The van der Waals surface area contributed by atoms with E-state index >= 15 is 0 Å². The van der Waals surface area contributed by atoms with Crippen LogP contribution in [-0.2, 0) is 16.0 Å². The van der Waals surface area contributed by atoms with Crippen LogP contribution in [-0.4, -0.2) is 58.5 Å². The van der Waals surface area contributed by atoms with Gasteiger partial charge in [-0.3, -0.25) is 9.79 Å². The summed E-state index contributed by atoms with van der Waals surface area (Å²) in [7, 11) is 0. The third kappa shape index (κ3) is 3.62. The van der Waals surface area contributed by atoms with E-state index in [2.05, 4.69) is 9.98 Å². The summed E-state index contributed by atoms with van der Waals surface area (Å²) in [5.74, 6) is 0.704. The number of aromatic nitrogens is 1. The number of fused-ring (bicyclic) bond motifs is 1. The maximum Gasteiger partial charge on any atom is 0.270 e. The minimum absolute atomic E-state index is 0.0252. The number of para-hydroxylation sites is 1. The molecule has 0 saturated carbocycles. The van der Waals surface area contributed by atoms with E-state index in [0.717, 1.165) is 34.9 Å². The third-order valence-corrected chi connectivity index (χ3v) is 5.10. The molecule has 0 aliphatic carbocycles. The molecular formula is C18H22N4O2S. The lowest BCUT2D eigenvalue weighted by atomic mass is 10.1. The Hall–Kier alpha value is -2.12. The number of aromatic amines is 1. The van der Waals surface area contributed by atoms with Gasteiger partial charge in [-0.25, -0.2) is 0 Å². The monoisotopic (exact) mass is 358 g/mol. The molecule has 2 heterocycles. The molecule has 1 aliphatic heterocycles. The summed E-state index contributed by atoms with van der Waals surface area (Å²) in [6.45, 7) is 0.0252. The van der Waals surface area contributed by atoms with Crippen molar-refractivity contribution in [1.29, 1.82) is 0 Å². The molecule has 0 saturated heterocycles. The van der Waals surface area contributed by atoms with Crippen LogP contribution in [0.5, 0.6) is 0 Å². The first-order valence-corrected chi connectivity index (χ1v) is 9.66. The fraction of sp³-hybridized carbons (Fsp3) is 0.389. The van der Waals surface area contributed by atoms with Gasteiger partial charge in [-0.1, -0.05) is 18.2 Å². The average molecular weight is 358 g/mol. The number of rotatable bonds is 8. The molecule has 7 heteroatoms. The highest BCUT2D eigenvalue weighted by Crippen LogP contribution is 2.23. The van der Waals surface area contributed by atoms with Gasteiger partial charge >= 0.3 is 0 Å². The summed E-state index contributed by atoms with van der Waals surface area (Å²) in [5.41, 5.74) is 8.76. The van der Waals surface area contributed by atoms with E-state index in [-0.39, 0.29) is 18.5 Å². The van der Waals surface area contributed by atoms with Crippen molar-refractivity contribution < 1.29 is 9.59 Å². The number of nitrogens with one attached hydrogen (secondary N) is 1. The highest BCUT2D eigenvalue weighted by molar-refractivity contribution is 7.98. The number of aldehydes is 1. The van der Waals surface area contributed by atoms with E-state index in [4.69, 9.17) is 5.73 Å². The topological polar surface area (TPSA) is 91.5 Å². The van der Waals surface area contributed by atoms with Crippen LogP contribution in [0.25, 0.3) is 10.9 Å². The minimum Gasteiger partial charge on any atom is -0.361 e. The van der Waals surface area contributed by atoms with Crippen molar-refractivity contribution in [3.8, 4) is 0 Å². The Morgan fingerprint density at radius 1 is 1.44 bits per heavy atom. The summed E-state index contributed by atoms with van der Waals surface area (Å²) in [4.78, 5) is 33.0. The molecule has 1 aromatic heterocycles. The van der Waals surface area contributed by atoms with Crippen LogP contribution in [0.3, 0.4) is 0 Å². The highest BCUT2D eigenvalue weighted by atomic mass is 32.2. The third-order valence-electron chi connectivity index (χ3n) is 4.46. The smallest absolute Gasteiger partial charge is 0.270 e. The zero-order valence-electron chi connectivity index (χ0n) is 14.1. The first-order chi connectivity index (χ1) is 12.2. The van der Waals surface area contributed by atoms with Crippen LogP contribution in [0.1, 0.15) is 12.0 Å². The van der Waals surface area contributed by atoms with Crippen molar-refractivity contribution in [2.75, 3.05) is 18.6 Å². The van der Waals surface area contributed by atoms with Gasteiger partial charge in [0.1, 0.15) is 18.2 Å². The van der Waals surface area contributed by atoms with E-state index < -0.39 is 6.17 Å². The van der Waals surface area contributed by atoms with Gasteiger partial charge in [0.25, 0.3) is 5.91 Å². The Morgan fingerprint density at radius 3 is 3.00 bits per heavy atom. The summed E-state index contributed by atoms with van der Waals surface area (Å²) in [6.07, 6.45) is 5.39. The van der Waals surface area contributed by atoms with E-state index in [0.29, 0.717) is 12.1 Å². The van der Waals surface area contributed by atoms with Gasteiger partial charge in [0.2, 0.25) is 0 Å². The van der Waals surface area contributed by atoms with Crippen molar-refractivity contribution in [2.45, 2.75) is 25.0 Å². The average Bonchev–Trinajstić information content (AvgIpc) is 3.17. The van der Waals surface area contributed by atoms with Crippen molar-refractivity contribution in [2.24, 2.45) is 10.7 Å². The SMILES string of the molecule is CSCC[C@H](N)C1N=C(Cc2c[nH]c3ccccc23)C(=O)N1CC=O. The molecule has 1 aromatic carbocycles. The quantitative estimate of drug-likeness (QED) is 0.701. The first-order valence-electron chi connectivity index (χ1n) is 8.26. The lowest BCUT2D eigenvalue weighted by Crippen LogP contribution is -2.47. The number of amides is 1. The Balaban J connectivity index is 1.84. The Bertz CT molecular complexity index is 801. The number of H-pyrrole nitrogens is 1. The van der Waals surface area contributed by atoms with Gasteiger partial charge in [-0.05, 0) is 30.1 Å². The molecule has 1 aliphatic rings. The number of carbonyl (C=O) groups is 2. The molecule has 2 atom stereocenters. The van der Waals surface area contributed by atoms with E-state index in [1.807, 2.05) is 36.7 Å². The molecule has 0 spiro atoms. The summed E-state index contributed by atoms with van der Waals surface area (Å²) in [6, 6.07) is 7.69. The van der Waals surface area contributed by atoms with Gasteiger partial charge in [-0.2, -0.15) is 11.8 Å². The molecule has 0 radical (unpaired) electrons. The number of aliphatic imine (C=N–C) groups is 1. The number of nitrogens with two attached hydrogens (primary N) is 1. The van der Waals surface area contributed by atoms with Crippen molar-refractivity contribution in [3.05, 3.63) is 36.0 Å². The lowest BCUT2D eigenvalue weighted by Gasteiger charge is -2.25. The molecule has 2 aromatic rings. The van der Waals surface area contributed by atoms with Gasteiger partial charge in [0.05, 0.1) is 6.54 Å². The summed E-state index contributed by atoms with van der Waals surface area (Å²) in [5, 5.41) is 1.08. The van der Waals surface area contributed by atoms with Gasteiger partial charge < -0.3 is 20.4 Å². The Kier molecular flexibility index (Phi) is 5.55. The molecule has 0 fully saturated rings. The largest absolute Gasteiger partial charge is 0.361 e.